The number of hydrogen-bond acceptors (Lipinski definition) is 4. The number of anilines is 1. The first-order chi connectivity index (χ1) is 10.5. The number of aromatic carboxylic acids is 1. The number of amides is 1. The first-order valence-corrected chi connectivity index (χ1v) is 6.89. The van der Waals surface area contributed by atoms with Gasteiger partial charge in [-0.1, -0.05) is 26.0 Å². The van der Waals surface area contributed by atoms with Crippen molar-refractivity contribution in [3.8, 4) is 0 Å². The maximum absolute atomic E-state index is 11.9. The van der Waals surface area contributed by atoms with Gasteiger partial charge in [0.2, 0.25) is 5.91 Å². The summed E-state index contributed by atoms with van der Waals surface area (Å²) in [5.74, 6) is -0.234. The Morgan fingerprint density at radius 2 is 1.73 bits per heavy atom. The molecule has 1 amide bonds. The van der Waals surface area contributed by atoms with Gasteiger partial charge >= 0.3 is 5.97 Å². The molecular formula is C16H17N3O3. The molecule has 0 spiro atoms. The smallest absolute Gasteiger partial charge is 0.335 e. The summed E-state index contributed by atoms with van der Waals surface area (Å²) in [5, 5.41) is 11.5. The van der Waals surface area contributed by atoms with E-state index in [1.54, 1.807) is 24.5 Å². The quantitative estimate of drug-likeness (QED) is 0.884. The standard InChI is InChI=1S/C16H17N3O3/c1-10(2)15-17-8-13(9-18-15)19-14(20)7-11-3-5-12(6-4-11)16(21)22/h3-6,8-10H,7H2,1-2H3,(H,19,20)(H,21,22). The first kappa shape index (κ1) is 15.6. The Kier molecular flexibility index (Phi) is 4.83. The van der Waals surface area contributed by atoms with Crippen LogP contribution in [0.25, 0.3) is 0 Å². The van der Waals surface area contributed by atoms with E-state index in [1.165, 1.54) is 12.1 Å². The minimum atomic E-state index is -0.988. The number of hydrogen-bond donors (Lipinski definition) is 2. The molecule has 2 aromatic rings. The predicted octanol–water partition coefficient (Wildman–Crippen LogP) is 2.48. The van der Waals surface area contributed by atoms with Crippen LogP contribution in [0, 0.1) is 0 Å². The molecule has 1 aromatic carbocycles. The third-order valence-corrected chi connectivity index (χ3v) is 3.04. The third-order valence-electron chi connectivity index (χ3n) is 3.04. The van der Waals surface area contributed by atoms with E-state index in [9.17, 15) is 9.59 Å². The Morgan fingerprint density at radius 3 is 2.23 bits per heavy atom. The van der Waals surface area contributed by atoms with Crippen molar-refractivity contribution in [2.45, 2.75) is 26.2 Å². The van der Waals surface area contributed by atoms with E-state index in [0.29, 0.717) is 5.69 Å². The molecule has 0 atom stereocenters. The van der Waals surface area contributed by atoms with Gasteiger partial charge in [0.25, 0.3) is 0 Å². The summed E-state index contributed by atoms with van der Waals surface area (Å²) < 4.78 is 0. The number of carboxylic acids is 1. The molecule has 0 unspecified atom stereocenters. The SMILES string of the molecule is CC(C)c1ncc(NC(=O)Cc2ccc(C(=O)O)cc2)cn1. The van der Waals surface area contributed by atoms with Crippen LogP contribution in [0.4, 0.5) is 5.69 Å². The number of rotatable bonds is 5. The summed E-state index contributed by atoms with van der Waals surface area (Å²) in [6, 6.07) is 6.21. The highest BCUT2D eigenvalue weighted by molar-refractivity contribution is 5.92. The van der Waals surface area contributed by atoms with Crippen molar-refractivity contribution in [1.82, 2.24) is 9.97 Å². The van der Waals surface area contributed by atoms with Crippen molar-refractivity contribution in [2.75, 3.05) is 5.32 Å². The molecule has 0 saturated heterocycles. The Hall–Kier alpha value is -2.76. The Labute approximate surface area is 128 Å². The second-order valence-electron chi connectivity index (χ2n) is 5.21. The summed E-state index contributed by atoms with van der Waals surface area (Å²) in [4.78, 5) is 31.1. The van der Waals surface area contributed by atoms with Gasteiger partial charge < -0.3 is 10.4 Å². The maximum atomic E-state index is 11.9. The molecule has 6 nitrogen and oxygen atoms in total. The van der Waals surface area contributed by atoms with E-state index < -0.39 is 5.97 Å². The Bertz CT molecular complexity index is 664. The maximum Gasteiger partial charge on any atom is 0.335 e. The minimum absolute atomic E-state index is 0.159. The lowest BCUT2D eigenvalue weighted by molar-refractivity contribution is -0.115. The van der Waals surface area contributed by atoms with Crippen molar-refractivity contribution in [3.63, 3.8) is 0 Å². The fraction of sp³-hybridized carbons (Fsp3) is 0.250. The van der Waals surface area contributed by atoms with Crippen LogP contribution in [0.3, 0.4) is 0 Å². The molecule has 2 rings (SSSR count). The molecule has 114 valence electrons. The zero-order valence-corrected chi connectivity index (χ0v) is 12.4. The number of benzene rings is 1. The monoisotopic (exact) mass is 299 g/mol. The number of nitrogens with zero attached hydrogens (tertiary/aromatic N) is 2. The Balaban J connectivity index is 1.96. The molecule has 2 N–H and O–H groups in total. The van der Waals surface area contributed by atoms with Gasteiger partial charge in [-0.3, -0.25) is 4.79 Å². The molecule has 1 aromatic heterocycles. The second kappa shape index (κ2) is 6.80. The van der Waals surface area contributed by atoms with Gasteiger partial charge in [0.05, 0.1) is 30.1 Å². The van der Waals surface area contributed by atoms with E-state index in [2.05, 4.69) is 15.3 Å². The van der Waals surface area contributed by atoms with E-state index >= 15 is 0 Å². The molecular weight excluding hydrogens is 282 g/mol. The number of carbonyl (C=O) groups is 2. The van der Waals surface area contributed by atoms with Crippen LogP contribution in [-0.2, 0) is 11.2 Å². The Morgan fingerprint density at radius 1 is 1.14 bits per heavy atom. The summed E-state index contributed by atoms with van der Waals surface area (Å²) in [7, 11) is 0. The van der Waals surface area contributed by atoms with Crippen molar-refractivity contribution < 1.29 is 14.7 Å². The van der Waals surface area contributed by atoms with E-state index in [-0.39, 0.29) is 23.8 Å². The lowest BCUT2D eigenvalue weighted by Gasteiger charge is -2.07. The van der Waals surface area contributed by atoms with Crippen LogP contribution in [0.2, 0.25) is 0 Å². The summed E-state index contributed by atoms with van der Waals surface area (Å²) >= 11 is 0. The van der Waals surface area contributed by atoms with Crippen molar-refractivity contribution >= 4 is 17.6 Å². The van der Waals surface area contributed by atoms with Crippen LogP contribution in [0.15, 0.2) is 36.7 Å². The molecule has 0 saturated carbocycles. The zero-order valence-electron chi connectivity index (χ0n) is 12.4. The van der Waals surface area contributed by atoms with Gasteiger partial charge in [-0.2, -0.15) is 0 Å². The second-order valence-corrected chi connectivity index (χ2v) is 5.21. The molecule has 1 heterocycles. The van der Waals surface area contributed by atoms with Gasteiger partial charge in [0, 0.05) is 5.92 Å². The van der Waals surface area contributed by atoms with Crippen molar-refractivity contribution in [3.05, 3.63) is 53.6 Å². The molecule has 0 bridgehead atoms. The van der Waals surface area contributed by atoms with Gasteiger partial charge in [-0.15, -0.1) is 0 Å². The predicted molar refractivity (Wildman–Crippen MR) is 81.9 cm³/mol. The topological polar surface area (TPSA) is 92.2 Å². The minimum Gasteiger partial charge on any atom is -0.478 e. The van der Waals surface area contributed by atoms with Gasteiger partial charge in [0.15, 0.2) is 0 Å². The van der Waals surface area contributed by atoms with Crippen molar-refractivity contribution in [1.29, 1.82) is 0 Å². The molecule has 0 aliphatic heterocycles. The largest absolute Gasteiger partial charge is 0.478 e. The van der Waals surface area contributed by atoms with Crippen LogP contribution in [0.5, 0.6) is 0 Å². The first-order valence-electron chi connectivity index (χ1n) is 6.89. The van der Waals surface area contributed by atoms with E-state index in [4.69, 9.17) is 5.11 Å². The fourth-order valence-corrected chi connectivity index (χ4v) is 1.86. The van der Waals surface area contributed by atoms with E-state index in [0.717, 1.165) is 11.4 Å². The molecule has 6 heteroatoms. The van der Waals surface area contributed by atoms with Crippen LogP contribution in [-0.4, -0.2) is 27.0 Å². The highest BCUT2D eigenvalue weighted by Gasteiger charge is 2.08. The lowest BCUT2D eigenvalue weighted by Crippen LogP contribution is -2.15. The van der Waals surface area contributed by atoms with Crippen LogP contribution >= 0.6 is 0 Å². The van der Waals surface area contributed by atoms with Gasteiger partial charge in [0.1, 0.15) is 5.82 Å². The zero-order chi connectivity index (χ0) is 16.1. The van der Waals surface area contributed by atoms with E-state index in [1.807, 2.05) is 13.8 Å². The molecule has 0 fully saturated rings. The molecule has 0 aliphatic rings. The number of carbonyl (C=O) groups excluding carboxylic acids is 1. The average Bonchev–Trinajstić information content (AvgIpc) is 2.48. The third kappa shape index (κ3) is 4.12. The van der Waals surface area contributed by atoms with Gasteiger partial charge in [-0.25, -0.2) is 14.8 Å². The van der Waals surface area contributed by atoms with Crippen LogP contribution < -0.4 is 5.32 Å². The summed E-state index contributed by atoms with van der Waals surface area (Å²) in [5.41, 5.74) is 1.47. The fourth-order valence-electron chi connectivity index (χ4n) is 1.86. The summed E-state index contributed by atoms with van der Waals surface area (Å²) in [6.45, 7) is 3.99. The average molecular weight is 299 g/mol. The number of carboxylic acid groups (broad SMARTS) is 1. The summed E-state index contributed by atoms with van der Waals surface area (Å²) in [6.07, 6.45) is 3.31. The number of nitrogens with one attached hydrogen (secondary N) is 1. The molecule has 0 aliphatic carbocycles. The molecule has 22 heavy (non-hydrogen) atoms. The molecule has 0 radical (unpaired) electrons. The van der Waals surface area contributed by atoms with Crippen molar-refractivity contribution in [2.24, 2.45) is 0 Å². The highest BCUT2D eigenvalue weighted by atomic mass is 16.4. The highest BCUT2D eigenvalue weighted by Crippen LogP contribution is 2.11. The van der Waals surface area contributed by atoms with Gasteiger partial charge in [-0.05, 0) is 17.7 Å². The van der Waals surface area contributed by atoms with Crippen LogP contribution in [0.1, 0.15) is 41.5 Å². The number of aromatic nitrogens is 2. The normalized spacial score (nSPS) is 10.5. The lowest BCUT2D eigenvalue weighted by atomic mass is 10.1.